The van der Waals surface area contributed by atoms with Crippen molar-refractivity contribution in [3.05, 3.63) is 84.7 Å². The van der Waals surface area contributed by atoms with Crippen molar-refractivity contribution in [3.63, 3.8) is 0 Å². The molecule has 4 amide bonds. The zero-order valence-electron chi connectivity index (χ0n) is 39.1. The van der Waals surface area contributed by atoms with Crippen molar-refractivity contribution in [1.82, 2.24) is 25.3 Å². The maximum absolute atomic E-state index is 15.0. The topological polar surface area (TPSA) is 229 Å². The van der Waals surface area contributed by atoms with E-state index in [4.69, 9.17) is 15.2 Å². The van der Waals surface area contributed by atoms with Crippen molar-refractivity contribution in [2.24, 2.45) is 15.9 Å². The second kappa shape index (κ2) is 25.1. The van der Waals surface area contributed by atoms with Crippen molar-refractivity contribution in [1.29, 1.82) is 0 Å². The predicted octanol–water partition coefficient (Wildman–Crippen LogP) is 5.37. The van der Waals surface area contributed by atoms with Gasteiger partial charge in [0.2, 0.25) is 0 Å². The SMILES string of the molecule is CC(=O)CC[C@H]1CN(c2ccc(-c3ccc(N4C=NN(C(=O)CN)CC4)nc3)c(F)c2)C(=O)O1.CNCC(=O)N1CCN(c2ccc(-c3ccc(N4C[C@H](CCC(C)=O)OC4=O)cc3F)cn2)C=N1.Cl.Cl. The number of hydrogen-bond donors (Lipinski definition) is 2. The highest BCUT2D eigenvalue weighted by Crippen LogP contribution is 2.32. The van der Waals surface area contributed by atoms with E-state index in [9.17, 15) is 37.5 Å². The third-order valence-corrected chi connectivity index (χ3v) is 11.5. The molecular weight excluding hydrogens is 969 g/mol. The minimum atomic E-state index is -0.554. The molecule has 24 heteroatoms. The van der Waals surface area contributed by atoms with Crippen LogP contribution in [0.4, 0.5) is 41.4 Å². The standard InChI is InChI=1S/C24H27FN6O4.C23H25FN6O4.2ClH/c1-16(32)3-6-19-14-30(24(34)35-19)18-5-7-20(21(25)11-18)17-4-8-22(27-12-17)29-9-10-31(28-15-29)23(33)13-26-2;1-15(31)2-5-18-13-29(23(33)34-18)17-4-6-19(20(24)10-17)16-3-7-21(26-12-16)28-8-9-30(27-14-28)22(32)11-25;;/h4-5,7-8,11-12,15,19,26H,3,6,9-10,13-14H2,1-2H3;3-4,6-7,10,12,14,18H,2,5,8-9,11,13,25H2,1H3;2*1H/t19-;18-;;/m00../s1. The molecular formula is C47H54Cl2F2N12O8. The Hall–Kier alpha value is -7.14. The van der Waals surface area contributed by atoms with Crippen molar-refractivity contribution >= 4 is 96.1 Å². The number of amides is 4. The first kappa shape index (κ1) is 54.8. The number of Topliss-reactive ketones (excluding diaryl/α,β-unsaturated/α-hetero) is 2. The van der Waals surface area contributed by atoms with E-state index in [2.05, 4.69) is 25.5 Å². The normalized spacial score (nSPS) is 17.2. The van der Waals surface area contributed by atoms with E-state index in [0.29, 0.717) is 97.1 Å². The summed E-state index contributed by atoms with van der Waals surface area (Å²) in [5, 5.41) is 13.8. The Morgan fingerprint density at radius 3 is 1.44 bits per heavy atom. The highest BCUT2D eigenvalue weighted by atomic mass is 35.5. The van der Waals surface area contributed by atoms with Crippen LogP contribution in [-0.4, -0.2) is 140 Å². The second-order valence-corrected chi connectivity index (χ2v) is 16.5. The second-order valence-electron chi connectivity index (χ2n) is 16.5. The fourth-order valence-corrected chi connectivity index (χ4v) is 7.70. The molecule has 2 saturated heterocycles. The van der Waals surface area contributed by atoms with Gasteiger partial charge in [-0.05, 0) is 94.4 Å². The van der Waals surface area contributed by atoms with Gasteiger partial charge in [-0.1, -0.05) is 0 Å². The van der Waals surface area contributed by atoms with E-state index in [-0.39, 0.29) is 74.4 Å². The molecule has 4 aliphatic rings. The molecule has 4 aromatic rings. The Labute approximate surface area is 420 Å². The number of ketones is 2. The van der Waals surface area contributed by atoms with Crippen LogP contribution in [-0.2, 0) is 28.7 Å². The number of anilines is 4. The summed E-state index contributed by atoms with van der Waals surface area (Å²) < 4.78 is 40.5. The maximum Gasteiger partial charge on any atom is 0.414 e. The number of aromatic nitrogens is 2. The van der Waals surface area contributed by atoms with E-state index in [1.807, 2.05) is 4.90 Å². The minimum absolute atomic E-state index is 0. The van der Waals surface area contributed by atoms with Crippen molar-refractivity contribution in [2.45, 2.75) is 51.7 Å². The molecule has 0 radical (unpaired) electrons. The molecule has 8 rings (SSSR count). The predicted molar refractivity (Wildman–Crippen MR) is 267 cm³/mol. The molecule has 2 aromatic heterocycles. The number of nitrogens with one attached hydrogen (secondary N) is 1. The van der Waals surface area contributed by atoms with Crippen molar-refractivity contribution < 1.29 is 47.0 Å². The summed E-state index contributed by atoms with van der Waals surface area (Å²) in [6, 6.07) is 16.1. The number of likely N-dealkylation sites (N-methyl/N-ethyl adjacent to an activating group) is 1. The molecule has 0 saturated carbocycles. The smallest absolute Gasteiger partial charge is 0.414 e. The van der Waals surface area contributed by atoms with Crippen LogP contribution in [0.25, 0.3) is 22.3 Å². The zero-order chi connectivity index (χ0) is 49.2. The Kier molecular flexibility index (Phi) is 19.4. The molecule has 71 heavy (non-hydrogen) atoms. The number of carbonyl (C=O) groups excluding carboxylic acids is 6. The van der Waals surface area contributed by atoms with Gasteiger partial charge in [0, 0.05) is 60.6 Å². The van der Waals surface area contributed by atoms with Crippen LogP contribution in [0.3, 0.4) is 0 Å². The van der Waals surface area contributed by atoms with Gasteiger partial charge >= 0.3 is 12.2 Å². The molecule has 378 valence electrons. The summed E-state index contributed by atoms with van der Waals surface area (Å²) in [6.07, 6.45) is 5.85. The largest absolute Gasteiger partial charge is 0.444 e. The molecule has 2 atom stereocenters. The third kappa shape index (κ3) is 13.8. The first-order valence-corrected chi connectivity index (χ1v) is 22.2. The monoisotopic (exact) mass is 1020 g/mol. The Balaban J connectivity index is 0.000000257. The van der Waals surface area contributed by atoms with Gasteiger partial charge in [0.1, 0.15) is 59.7 Å². The van der Waals surface area contributed by atoms with Crippen LogP contribution in [0.2, 0.25) is 0 Å². The van der Waals surface area contributed by atoms with Crippen LogP contribution in [0.5, 0.6) is 0 Å². The highest BCUT2D eigenvalue weighted by molar-refractivity contribution is 5.92. The molecule has 4 aliphatic heterocycles. The van der Waals surface area contributed by atoms with E-state index < -0.39 is 36.0 Å². The lowest BCUT2D eigenvalue weighted by Crippen LogP contribution is -2.43. The number of nitrogens with two attached hydrogens (primary N) is 1. The number of halogens is 4. The Morgan fingerprint density at radius 1 is 0.662 bits per heavy atom. The van der Waals surface area contributed by atoms with Gasteiger partial charge in [0.05, 0.1) is 50.6 Å². The van der Waals surface area contributed by atoms with Crippen molar-refractivity contribution in [3.8, 4) is 22.3 Å². The third-order valence-electron chi connectivity index (χ3n) is 11.5. The van der Waals surface area contributed by atoms with Gasteiger partial charge in [-0.25, -0.2) is 38.4 Å². The molecule has 6 heterocycles. The maximum atomic E-state index is 15.0. The molecule has 20 nitrogen and oxygen atoms in total. The number of cyclic esters (lactones) is 2. The van der Waals surface area contributed by atoms with Crippen molar-refractivity contribution in [2.75, 3.05) is 79.0 Å². The van der Waals surface area contributed by atoms with E-state index in [1.165, 1.54) is 52.1 Å². The van der Waals surface area contributed by atoms with E-state index in [0.717, 1.165) is 0 Å². The first-order chi connectivity index (χ1) is 33.2. The number of nitrogens with zero attached hydrogens (tertiary/aromatic N) is 10. The lowest BCUT2D eigenvalue weighted by molar-refractivity contribution is -0.130. The van der Waals surface area contributed by atoms with Crippen LogP contribution < -0.4 is 30.7 Å². The lowest BCUT2D eigenvalue weighted by atomic mass is 10.1. The number of benzene rings is 2. The molecule has 2 fully saturated rings. The van der Waals surface area contributed by atoms with Gasteiger partial charge in [0.25, 0.3) is 11.8 Å². The fourth-order valence-electron chi connectivity index (χ4n) is 7.70. The average molecular weight is 1020 g/mol. The fraction of sp³-hybridized carbons (Fsp3) is 0.362. The van der Waals surface area contributed by atoms with Crippen LogP contribution in [0, 0.1) is 11.6 Å². The number of ether oxygens (including phenoxy) is 2. The molecule has 0 unspecified atom stereocenters. The Morgan fingerprint density at radius 2 is 1.10 bits per heavy atom. The van der Waals surface area contributed by atoms with E-state index in [1.54, 1.807) is 79.2 Å². The van der Waals surface area contributed by atoms with Crippen LogP contribution in [0.15, 0.2) is 83.3 Å². The minimum Gasteiger partial charge on any atom is -0.444 e. The summed E-state index contributed by atoms with van der Waals surface area (Å²) in [7, 11) is 1.70. The molecule has 3 N–H and O–H groups in total. The lowest BCUT2D eigenvalue weighted by Gasteiger charge is -2.28. The average Bonchev–Trinajstić information content (AvgIpc) is 3.93. The summed E-state index contributed by atoms with van der Waals surface area (Å²) in [5.41, 5.74) is 7.99. The number of hydrogen-bond acceptors (Lipinski definition) is 16. The summed E-state index contributed by atoms with van der Waals surface area (Å²) in [6.45, 7) is 5.50. The van der Waals surface area contributed by atoms with Crippen LogP contribution >= 0.6 is 24.8 Å². The van der Waals surface area contributed by atoms with Gasteiger partial charge in [-0.2, -0.15) is 10.2 Å². The molecule has 2 aromatic carbocycles. The Bertz CT molecular complexity index is 2630. The quantitative estimate of drug-likeness (QED) is 0.153. The molecule has 0 aliphatic carbocycles. The van der Waals surface area contributed by atoms with Gasteiger partial charge < -0.3 is 39.9 Å². The number of pyridine rings is 2. The molecule has 0 spiro atoms. The number of hydrazone groups is 2. The van der Waals surface area contributed by atoms with Gasteiger partial charge in [-0.15, -0.1) is 24.8 Å². The summed E-state index contributed by atoms with van der Waals surface area (Å²) >= 11 is 0. The zero-order valence-corrected chi connectivity index (χ0v) is 40.7. The first-order valence-electron chi connectivity index (χ1n) is 22.2. The number of rotatable bonds is 15. The van der Waals surface area contributed by atoms with Crippen LogP contribution in [0.1, 0.15) is 39.5 Å². The summed E-state index contributed by atoms with van der Waals surface area (Å²) in [5.74, 6) is -0.0546. The highest BCUT2D eigenvalue weighted by Gasteiger charge is 2.34. The summed E-state index contributed by atoms with van der Waals surface area (Å²) in [4.78, 5) is 85.5. The van der Waals surface area contributed by atoms with Gasteiger partial charge in [-0.3, -0.25) is 19.4 Å². The number of carbonyl (C=O) groups is 6. The van der Waals surface area contributed by atoms with E-state index >= 15 is 0 Å². The molecule has 0 bridgehead atoms. The van der Waals surface area contributed by atoms with Gasteiger partial charge in [0.15, 0.2) is 0 Å².